The van der Waals surface area contributed by atoms with Crippen molar-refractivity contribution < 1.29 is 18.4 Å². The molecule has 0 saturated heterocycles. The molecule has 0 N–H and O–H groups in total. The molecule has 0 amide bonds. The SMILES string of the molecule is CC(C)(C)C(=O)C(=O)C(C)(F)F. The van der Waals surface area contributed by atoms with E-state index in [1.165, 1.54) is 20.8 Å². The predicted molar refractivity (Wildman–Crippen MR) is 40.1 cm³/mol. The molecule has 0 radical (unpaired) electrons. The summed E-state index contributed by atoms with van der Waals surface area (Å²) in [6.45, 7) is 4.72. The lowest BCUT2D eigenvalue weighted by Gasteiger charge is -2.17. The molecule has 0 atom stereocenters. The van der Waals surface area contributed by atoms with E-state index in [-0.39, 0.29) is 0 Å². The standard InChI is InChI=1S/C8H12F2O2/c1-7(2,3)5(11)6(12)8(4,9)10/h1-4H3. The Hall–Kier alpha value is -0.800. The zero-order chi connectivity index (χ0) is 10.2. The molecule has 0 aliphatic carbocycles. The molecule has 0 spiro atoms. The minimum Gasteiger partial charge on any atom is -0.290 e. The second-order valence-corrected chi connectivity index (χ2v) is 3.80. The minimum absolute atomic E-state index is 0.430. The van der Waals surface area contributed by atoms with Crippen LogP contribution in [0.3, 0.4) is 0 Å². The highest BCUT2D eigenvalue weighted by Crippen LogP contribution is 2.22. The molecular weight excluding hydrogens is 166 g/mol. The fraction of sp³-hybridized carbons (Fsp3) is 0.750. The van der Waals surface area contributed by atoms with Crippen LogP contribution in [0.5, 0.6) is 0 Å². The van der Waals surface area contributed by atoms with Crippen molar-refractivity contribution in [2.75, 3.05) is 0 Å². The van der Waals surface area contributed by atoms with Crippen LogP contribution >= 0.6 is 0 Å². The van der Waals surface area contributed by atoms with Crippen molar-refractivity contribution >= 4 is 11.6 Å². The fourth-order valence-electron chi connectivity index (χ4n) is 0.540. The van der Waals surface area contributed by atoms with Gasteiger partial charge in [0.2, 0.25) is 5.78 Å². The van der Waals surface area contributed by atoms with E-state index >= 15 is 0 Å². The monoisotopic (exact) mass is 178 g/mol. The van der Waals surface area contributed by atoms with Crippen LogP contribution in [0.4, 0.5) is 8.78 Å². The Morgan fingerprint density at radius 3 is 1.33 bits per heavy atom. The van der Waals surface area contributed by atoms with Gasteiger partial charge in [-0.25, -0.2) is 0 Å². The molecule has 0 aromatic carbocycles. The second-order valence-electron chi connectivity index (χ2n) is 3.80. The van der Waals surface area contributed by atoms with Crippen LogP contribution in [-0.4, -0.2) is 17.5 Å². The molecule has 0 aromatic heterocycles. The molecule has 0 saturated carbocycles. The molecule has 4 heteroatoms. The number of halogens is 2. The largest absolute Gasteiger partial charge is 0.310 e. The van der Waals surface area contributed by atoms with E-state index in [9.17, 15) is 18.4 Å². The Bertz CT molecular complexity index is 184. The van der Waals surface area contributed by atoms with Gasteiger partial charge >= 0.3 is 5.92 Å². The Morgan fingerprint density at radius 1 is 0.917 bits per heavy atom. The maximum absolute atomic E-state index is 12.3. The van der Waals surface area contributed by atoms with E-state index in [1.807, 2.05) is 0 Å². The summed E-state index contributed by atoms with van der Waals surface area (Å²) in [5.74, 6) is -6.20. The summed E-state index contributed by atoms with van der Waals surface area (Å²) in [7, 11) is 0. The maximum Gasteiger partial charge on any atom is 0.310 e. The maximum atomic E-state index is 12.3. The van der Waals surface area contributed by atoms with Crippen LogP contribution in [-0.2, 0) is 9.59 Å². The summed E-state index contributed by atoms with van der Waals surface area (Å²) in [5.41, 5.74) is -1.03. The molecule has 0 aliphatic rings. The van der Waals surface area contributed by atoms with E-state index < -0.39 is 22.9 Å². The number of carbonyl (C=O) groups excluding carboxylic acids is 2. The first kappa shape index (κ1) is 11.2. The van der Waals surface area contributed by atoms with E-state index in [2.05, 4.69) is 0 Å². The molecule has 0 heterocycles. The van der Waals surface area contributed by atoms with Crippen LogP contribution in [0.15, 0.2) is 0 Å². The minimum atomic E-state index is -3.55. The molecular formula is C8H12F2O2. The molecule has 2 nitrogen and oxygen atoms in total. The van der Waals surface area contributed by atoms with Crippen molar-refractivity contribution in [1.29, 1.82) is 0 Å². The summed E-state index contributed by atoms with van der Waals surface area (Å²) in [6, 6.07) is 0. The van der Waals surface area contributed by atoms with Gasteiger partial charge in [0.1, 0.15) is 0 Å². The normalized spacial score (nSPS) is 12.8. The molecule has 0 fully saturated rings. The van der Waals surface area contributed by atoms with Crippen LogP contribution < -0.4 is 0 Å². The summed E-state index contributed by atoms with van der Waals surface area (Å²) in [6.07, 6.45) is 0. The number of hydrogen-bond acceptors (Lipinski definition) is 2. The topological polar surface area (TPSA) is 34.1 Å². The Morgan fingerprint density at radius 2 is 1.25 bits per heavy atom. The lowest BCUT2D eigenvalue weighted by molar-refractivity contribution is -0.154. The number of carbonyl (C=O) groups is 2. The first-order chi connectivity index (χ1) is 5.07. The lowest BCUT2D eigenvalue weighted by atomic mass is 9.87. The van der Waals surface area contributed by atoms with Gasteiger partial charge < -0.3 is 0 Å². The Labute approximate surface area is 69.9 Å². The summed E-state index contributed by atoms with van der Waals surface area (Å²) >= 11 is 0. The van der Waals surface area contributed by atoms with Crippen molar-refractivity contribution in [2.45, 2.75) is 33.6 Å². The van der Waals surface area contributed by atoms with Crippen LogP contribution in [0, 0.1) is 5.41 Å². The van der Waals surface area contributed by atoms with Gasteiger partial charge in [0.15, 0.2) is 0 Å². The molecule has 0 aromatic rings. The first-order valence-corrected chi connectivity index (χ1v) is 3.54. The van der Waals surface area contributed by atoms with Gasteiger partial charge in [-0.1, -0.05) is 20.8 Å². The third-order valence-corrected chi connectivity index (χ3v) is 1.29. The average Bonchev–Trinajstić information content (AvgIpc) is 1.80. The van der Waals surface area contributed by atoms with Gasteiger partial charge in [-0.15, -0.1) is 0 Å². The van der Waals surface area contributed by atoms with E-state index in [1.54, 1.807) is 0 Å². The van der Waals surface area contributed by atoms with Crippen molar-refractivity contribution in [3.63, 3.8) is 0 Å². The zero-order valence-corrected chi connectivity index (χ0v) is 7.57. The number of alkyl halides is 2. The fourth-order valence-corrected chi connectivity index (χ4v) is 0.540. The highest BCUT2D eigenvalue weighted by Gasteiger charge is 2.42. The average molecular weight is 178 g/mol. The van der Waals surface area contributed by atoms with E-state index in [0.717, 1.165) is 0 Å². The van der Waals surface area contributed by atoms with Crippen LogP contribution in [0.2, 0.25) is 0 Å². The third-order valence-electron chi connectivity index (χ3n) is 1.29. The summed E-state index contributed by atoms with van der Waals surface area (Å²) < 4.78 is 24.7. The molecule has 0 bridgehead atoms. The lowest BCUT2D eigenvalue weighted by Crippen LogP contribution is -2.38. The van der Waals surface area contributed by atoms with Crippen molar-refractivity contribution in [2.24, 2.45) is 5.41 Å². The summed E-state index contributed by atoms with van der Waals surface area (Å²) in [4.78, 5) is 21.7. The van der Waals surface area contributed by atoms with Gasteiger partial charge in [0.05, 0.1) is 0 Å². The Balaban J connectivity index is 4.66. The first-order valence-electron chi connectivity index (χ1n) is 3.54. The van der Waals surface area contributed by atoms with Crippen molar-refractivity contribution in [3.8, 4) is 0 Å². The van der Waals surface area contributed by atoms with Crippen LogP contribution in [0.1, 0.15) is 27.7 Å². The Kier molecular flexibility index (Phi) is 2.72. The quantitative estimate of drug-likeness (QED) is 0.604. The number of ketones is 2. The van der Waals surface area contributed by atoms with Gasteiger partial charge in [-0.2, -0.15) is 8.78 Å². The van der Waals surface area contributed by atoms with Crippen LogP contribution in [0.25, 0.3) is 0 Å². The number of hydrogen-bond donors (Lipinski definition) is 0. The summed E-state index contributed by atoms with van der Waals surface area (Å²) in [5, 5.41) is 0. The van der Waals surface area contributed by atoms with Crippen molar-refractivity contribution in [3.05, 3.63) is 0 Å². The zero-order valence-electron chi connectivity index (χ0n) is 7.57. The highest BCUT2D eigenvalue weighted by molar-refractivity contribution is 6.41. The van der Waals surface area contributed by atoms with Crippen molar-refractivity contribution in [1.82, 2.24) is 0 Å². The molecule has 0 aliphatic heterocycles. The third kappa shape index (κ3) is 2.68. The van der Waals surface area contributed by atoms with Gasteiger partial charge in [0.25, 0.3) is 5.78 Å². The molecule has 0 rings (SSSR count). The predicted octanol–water partition coefficient (Wildman–Crippen LogP) is 1.83. The number of Topliss-reactive ketones (excluding diaryl/α,β-unsaturated/α-hetero) is 2. The van der Waals surface area contributed by atoms with E-state index in [4.69, 9.17) is 0 Å². The second kappa shape index (κ2) is 2.92. The van der Waals surface area contributed by atoms with Gasteiger partial charge in [-0.05, 0) is 0 Å². The molecule has 12 heavy (non-hydrogen) atoms. The molecule has 0 unspecified atom stereocenters. The highest BCUT2D eigenvalue weighted by atomic mass is 19.3. The van der Waals surface area contributed by atoms with Gasteiger partial charge in [0, 0.05) is 12.3 Å². The molecule has 70 valence electrons. The van der Waals surface area contributed by atoms with E-state index in [0.29, 0.717) is 6.92 Å². The number of rotatable bonds is 2. The van der Waals surface area contributed by atoms with Gasteiger partial charge in [-0.3, -0.25) is 9.59 Å². The smallest absolute Gasteiger partial charge is 0.290 e.